The Morgan fingerprint density at radius 2 is 1.97 bits per heavy atom. The maximum absolute atomic E-state index is 12.2. The summed E-state index contributed by atoms with van der Waals surface area (Å²) in [5, 5.41) is 21.0. The van der Waals surface area contributed by atoms with E-state index in [4.69, 9.17) is 4.74 Å². The average molecular weight is 500 g/mol. The van der Waals surface area contributed by atoms with Crippen molar-refractivity contribution in [3.63, 3.8) is 0 Å². The van der Waals surface area contributed by atoms with Crippen LogP contribution in [0.2, 0.25) is 0 Å². The molecule has 180 valence electrons. The lowest BCUT2D eigenvalue weighted by Crippen LogP contribution is -2.60. The number of fused-ring (bicyclic) bond motifs is 1. The number of hydrogen-bond donors (Lipinski definition) is 3. The van der Waals surface area contributed by atoms with Gasteiger partial charge in [0.05, 0.1) is 30.0 Å². The lowest BCUT2D eigenvalue weighted by atomic mass is 9.92. The summed E-state index contributed by atoms with van der Waals surface area (Å²) < 4.78 is 9.70. The molecule has 0 spiro atoms. The van der Waals surface area contributed by atoms with Gasteiger partial charge in [-0.1, -0.05) is 17.8 Å². The molecule has 0 saturated carbocycles. The number of amides is 2. The van der Waals surface area contributed by atoms with E-state index in [9.17, 15) is 29.4 Å². The number of carbonyl (C=O) groups excluding carboxylic acids is 3. The Balaban J connectivity index is 0.000000554. The standard InChI is InChI=1S/C15H20N2O8S2.C5H5N/c1-4-25-15(23)16-7(13(22)24-3)5-26-14-9(12(20)21)17-10(19)8(6(2)18)11(17)27-14;1-2-4-6-5-3-1/h6-8,11,18H,4-5H2,1-3H3,(H,16,23)(H,20,21);1-5H/t6?,7-,8-,11+;/m0./s1. The fourth-order valence-electron chi connectivity index (χ4n) is 2.95. The quantitative estimate of drug-likeness (QED) is 0.349. The van der Waals surface area contributed by atoms with Crippen LogP contribution in [-0.4, -0.2) is 81.0 Å². The van der Waals surface area contributed by atoms with Crippen molar-refractivity contribution in [1.29, 1.82) is 0 Å². The smallest absolute Gasteiger partial charge is 0.407 e. The van der Waals surface area contributed by atoms with E-state index < -0.39 is 47.4 Å². The van der Waals surface area contributed by atoms with Crippen LogP contribution in [0.4, 0.5) is 4.79 Å². The molecule has 0 radical (unpaired) electrons. The molecule has 0 aromatic carbocycles. The van der Waals surface area contributed by atoms with Gasteiger partial charge in [0, 0.05) is 18.1 Å². The van der Waals surface area contributed by atoms with Crippen LogP contribution >= 0.6 is 23.5 Å². The number of methoxy groups -OCH3 is 1. The number of hydrogen-bond acceptors (Lipinski definition) is 10. The van der Waals surface area contributed by atoms with Gasteiger partial charge in [-0.05, 0) is 26.0 Å². The molecule has 13 heteroatoms. The molecule has 1 aromatic heterocycles. The molecule has 0 bridgehead atoms. The maximum atomic E-state index is 12.2. The third-order valence-corrected chi connectivity index (χ3v) is 7.22. The van der Waals surface area contributed by atoms with Gasteiger partial charge in [0.15, 0.2) is 5.70 Å². The van der Waals surface area contributed by atoms with Crippen molar-refractivity contribution in [2.75, 3.05) is 19.5 Å². The summed E-state index contributed by atoms with van der Waals surface area (Å²) in [4.78, 5) is 52.1. The largest absolute Gasteiger partial charge is 0.477 e. The second kappa shape index (κ2) is 12.5. The number of aliphatic carboxylic acids is 1. The van der Waals surface area contributed by atoms with Crippen LogP contribution in [-0.2, 0) is 23.9 Å². The van der Waals surface area contributed by atoms with E-state index in [2.05, 4.69) is 15.0 Å². The summed E-state index contributed by atoms with van der Waals surface area (Å²) in [7, 11) is 1.16. The van der Waals surface area contributed by atoms with Gasteiger partial charge in [-0.25, -0.2) is 14.4 Å². The highest BCUT2D eigenvalue weighted by Crippen LogP contribution is 2.53. The number of aliphatic hydroxyl groups is 1. The van der Waals surface area contributed by atoms with Crippen LogP contribution in [0, 0.1) is 5.92 Å². The number of esters is 1. The number of aliphatic hydroxyl groups excluding tert-OH is 1. The third-order valence-electron chi connectivity index (χ3n) is 4.47. The second-order valence-electron chi connectivity index (χ2n) is 6.70. The molecule has 1 unspecified atom stereocenters. The van der Waals surface area contributed by atoms with Crippen molar-refractivity contribution in [1.82, 2.24) is 15.2 Å². The molecule has 3 heterocycles. The minimum Gasteiger partial charge on any atom is -0.477 e. The van der Waals surface area contributed by atoms with Gasteiger partial charge in [-0.3, -0.25) is 14.7 Å². The predicted octanol–water partition coefficient (Wildman–Crippen LogP) is 1.25. The van der Waals surface area contributed by atoms with Gasteiger partial charge in [0.1, 0.15) is 11.4 Å². The van der Waals surface area contributed by atoms with Crippen molar-refractivity contribution >= 4 is 47.5 Å². The van der Waals surface area contributed by atoms with E-state index in [0.29, 0.717) is 4.24 Å². The molecule has 2 aliphatic rings. The van der Waals surface area contributed by atoms with Crippen LogP contribution in [0.15, 0.2) is 40.5 Å². The number of β-lactam (4-membered cyclic amide) rings is 1. The number of carbonyl (C=O) groups is 4. The average Bonchev–Trinajstić information content (AvgIpc) is 3.12. The molecular weight excluding hydrogens is 474 g/mol. The van der Waals surface area contributed by atoms with Gasteiger partial charge in [0.2, 0.25) is 5.91 Å². The molecular formula is C20H25N3O8S2. The topological polar surface area (TPSA) is 155 Å². The zero-order valence-electron chi connectivity index (χ0n) is 18.2. The number of nitrogens with zero attached hydrogens (tertiary/aromatic N) is 2. The van der Waals surface area contributed by atoms with E-state index in [0.717, 1.165) is 35.5 Å². The fourth-order valence-corrected chi connectivity index (χ4v) is 5.90. The normalized spacial score (nSPS) is 20.5. The van der Waals surface area contributed by atoms with Crippen molar-refractivity contribution in [3.8, 4) is 0 Å². The number of thioether (sulfide) groups is 2. The van der Waals surface area contributed by atoms with E-state index in [1.807, 2.05) is 18.2 Å². The van der Waals surface area contributed by atoms with E-state index >= 15 is 0 Å². The summed E-state index contributed by atoms with van der Waals surface area (Å²) in [5.41, 5.74) is -0.184. The first-order valence-corrected chi connectivity index (χ1v) is 11.7. The number of rotatable bonds is 8. The zero-order valence-corrected chi connectivity index (χ0v) is 19.8. The highest BCUT2D eigenvalue weighted by atomic mass is 32.2. The lowest BCUT2D eigenvalue weighted by Gasteiger charge is -2.43. The number of aromatic nitrogens is 1. The SMILES string of the molecule is CCOC(=O)N[C@@H](CSC1=C(C(=O)O)N2C(=O)[C@H](C(C)O)[C@H]2S1)C(=O)OC.c1ccncc1. The van der Waals surface area contributed by atoms with Crippen LogP contribution in [0.3, 0.4) is 0 Å². The van der Waals surface area contributed by atoms with Gasteiger partial charge in [-0.2, -0.15) is 0 Å². The fraction of sp³-hybridized carbons (Fsp3) is 0.450. The van der Waals surface area contributed by atoms with Gasteiger partial charge in [0.25, 0.3) is 0 Å². The summed E-state index contributed by atoms with van der Waals surface area (Å²) in [6.45, 7) is 3.21. The minimum atomic E-state index is -1.28. The number of ether oxygens (including phenoxy) is 2. The lowest BCUT2D eigenvalue weighted by molar-refractivity contribution is -0.156. The summed E-state index contributed by atoms with van der Waals surface area (Å²) in [6, 6.07) is 4.66. The van der Waals surface area contributed by atoms with Gasteiger partial charge >= 0.3 is 18.0 Å². The van der Waals surface area contributed by atoms with Crippen molar-refractivity contribution in [2.45, 2.75) is 31.4 Å². The molecule has 1 aromatic rings. The Bertz CT molecular complexity index is 870. The molecule has 4 atom stereocenters. The molecule has 33 heavy (non-hydrogen) atoms. The highest BCUT2D eigenvalue weighted by Gasteiger charge is 2.57. The van der Waals surface area contributed by atoms with Crippen molar-refractivity contribution in [2.24, 2.45) is 5.92 Å². The second-order valence-corrected chi connectivity index (χ2v) is 9.12. The van der Waals surface area contributed by atoms with E-state index in [1.165, 1.54) is 6.92 Å². The van der Waals surface area contributed by atoms with E-state index in [1.54, 1.807) is 19.3 Å². The molecule has 0 aliphatic carbocycles. The van der Waals surface area contributed by atoms with Crippen LogP contribution < -0.4 is 5.32 Å². The number of alkyl carbamates (subject to hydrolysis) is 1. The number of pyridine rings is 1. The maximum Gasteiger partial charge on any atom is 0.407 e. The van der Waals surface area contributed by atoms with Crippen molar-refractivity contribution in [3.05, 3.63) is 40.5 Å². The zero-order chi connectivity index (χ0) is 24.5. The summed E-state index contributed by atoms with van der Waals surface area (Å²) >= 11 is 2.15. The number of nitrogens with one attached hydrogen (secondary N) is 1. The molecule has 2 amide bonds. The highest BCUT2D eigenvalue weighted by molar-refractivity contribution is 8.22. The van der Waals surface area contributed by atoms with Crippen molar-refractivity contribution < 1.29 is 38.9 Å². The number of carboxylic acids is 1. The Hall–Kier alpha value is -2.77. The molecule has 3 rings (SSSR count). The molecule has 1 saturated heterocycles. The number of carboxylic acid groups (broad SMARTS) is 1. The first kappa shape index (κ1) is 26.5. The Morgan fingerprint density at radius 1 is 1.30 bits per heavy atom. The van der Waals surface area contributed by atoms with Gasteiger partial charge in [-0.15, -0.1) is 11.8 Å². The van der Waals surface area contributed by atoms with E-state index in [-0.39, 0.29) is 18.1 Å². The first-order valence-electron chi connectivity index (χ1n) is 9.87. The Kier molecular flexibility index (Phi) is 10.0. The monoisotopic (exact) mass is 499 g/mol. The van der Waals surface area contributed by atoms with Crippen LogP contribution in [0.5, 0.6) is 0 Å². The molecule has 11 nitrogen and oxygen atoms in total. The molecule has 1 fully saturated rings. The van der Waals surface area contributed by atoms with Crippen LogP contribution in [0.1, 0.15) is 13.8 Å². The molecule has 2 aliphatic heterocycles. The first-order chi connectivity index (χ1) is 15.7. The minimum absolute atomic E-state index is 0.0152. The summed E-state index contributed by atoms with van der Waals surface area (Å²) in [6.07, 6.45) is 1.80. The predicted molar refractivity (Wildman–Crippen MR) is 121 cm³/mol. The third kappa shape index (κ3) is 6.62. The Morgan fingerprint density at radius 3 is 2.42 bits per heavy atom. The summed E-state index contributed by atoms with van der Waals surface area (Å²) in [5.74, 6) is -3.14. The van der Waals surface area contributed by atoms with Gasteiger partial charge < -0.3 is 25.0 Å². The van der Waals surface area contributed by atoms with Crippen LogP contribution in [0.25, 0.3) is 0 Å². The molecule has 3 N–H and O–H groups in total. The Labute approximate surface area is 198 Å².